The number of carboxylic acids is 6. The van der Waals surface area contributed by atoms with Crippen LogP contribution < -0.4 is 0 Å². The summed E-state index contributed by atoms with van der Waals surface area (Å²) in [7, 11) is 0. The van der Waals surface area contributed by atoms with Crippen molar-refractivity contribution in [2.75, 3.05) is 0 Å². The average Bonchev–Trinajstić information content (AvgIpc) is 2.34. The summed E-state index contributed by atoms with van der Waals surface area (Å²) in [5, 5.41) is 67.6. The summed E-state index contributed by atoms with van der Waals surface area (Å²) >= 11 is 0. The molecule has 0 spiro atoms. The molecule has 14 nitrogen and oxygen atoms in total. The number of hydrogen-bond acceptors (Lipinski definition) is 8. The Kier molecular flexibility index (Phi) is 13.3. The molecular formula is C12H17NaO14. The van der Waals surface area contributed by atoms with E-state index in [-0.39, 0.29) is 29.6 Å². The quantitative estimate of drug-likeness (QED) is 0.166. The Balaban J connectivity index is -0.000000411. The maximum atomic E-state index is 10.3. The first-order valence-corrected chi connectivity index (χ1v) is 6.34. The molecule has 0 radical (unpaired) electrons. The van der Waals surface area contributed by atoms with Gasteiger partial charge in [0, 0.05) is 0 Å². The van der Waals surface area contributed by atoms with Crippen molar-refractivity contribution in [2.24, 2.45) is 0 Å². The standard InChI is InChI=1S/2C6H8O7.Na.H/c2*7-3(8)1-6(13,5(11)12)2-4(9)10;;/h2*13H,1-2H2,(H,7,8)(H,9,10)(H,11,12);;. The van der Waals surface area contributed by atoms with Crippen LogP contribution in [0.1, 0.15) is 25.7 Å². The van der Waals surface area contributed by atoms with Gasteiger partial charge in [0.15, 0.2) is 11.2 Å². The summed E-state index contributed by atoms with van der Waals surface area (Å²) in [6.45, 7) is 0. The van der Waals surface area contributed by atoms with E-state index in [9.17, 15) is 28.8 Å². The number of aliphatic carboxylic acids is 6. The van der Waals surface area contributed by atoms with Crippen LogP contribution in [-0.2, 0) is 28.8 Å². The number of rotatable bonds is 10. The van der Waals surface area contributed by atoms with Crippen molar-refractivity contribution in [3.8, 4) is 0 Å². The van der Waals surface area contributed by atoms with E-state index in [1.54, 1.807) is 0 Å². The van der Waals surface area contributed by atoms with E-state index < -0.39 is 72.7 Å². The van der Waals surface area contributed by atoms with Gasteiger partial charge in [-0.3, -0.25) is 19.2 Å². The second-order valence-corrected chi connectivity index (χ2v) is 4.96. The molecule has 0 unspecified atom stereocenters. The second kappa shape index (κ2) is 12.2. The third-order valence-corrected chi connectivity index (χ3v) is 2.57. The van der Waals surface area contributed by atoms with Gasteiger partial charge in [-0.05, 0) is 0 Å². The molecule has 27 heavy (non-hydrogen) atoms. The van der Waals surface area contributed by atoms with Gasteiger partial charge in [-0.25, -0.2) is 9.59 Å². The van der Waals surface area contributed by atoms with Crippen molar-refractivity contribution >= 4 is 65.4 Å². The zero-order valence-corrected chi connectivity index (χ0v) is 12.9. The molecule has 0 aromatic rings. The summed E-state index contributed by atoms with van der Waals surface area (Å²) in [6, 6.07) is 0. The Hall–Kier alpha value is -2.26. The Labute approximate surface area is 171 Å². The predicted molar refractivity (Wildman–Crippen MR) is 81.3 cm³/mol. The first-order valence-electron chi connectivity index (χ1n) is 6.34. The van der Waals surface area contributed by atoms with E-state index >= 15 is 0 Å². The average molecular weight is 408 g/mol. The molecule has 0 rings (SSSR count). The van der Waals surface area contributed by atoms with Crippen LogP contribution in [0.3, 0.4) is 0 Å². The molecule has 0 heterocycles. The van der Waals surface area contributed by atoms with Crippen molar-refractivity contribution in [2.45, 2.75) is 36.9 Å². The van der Waals surface area contributed by atoms with E-state index in [1.807, 2.05) is 0 Å². The Bertz CT molecular complexity index is 513. The normalized spacial score (nSPS) is 10.4. The molecule has 0 aromatic heterocycles. The van der Waals surface area contributed by atoms with Gasteiger partial charge in [0.05, 0.1) is 25.7 Å². The van der Waals surface area contributed by atoms with Crippen molar-refractivity contribution in [1.82, 2.24) is 0 Å². The molecule has 0 atom stereocenters. The molecule has 0 aromatic carbocycles. The SMILES string of the molecule is O=C(O)CC(O)(CC(=O)O)C(=O)O.O=C(O)CC(O)(CC(=O)O)C(=O)O.[NaH]. The zero-order valence-electron chi connectivity index (χ0n) is 12.9. The van der Waals surface area contributed by atoms with Gasteiger partial charge in [0.2, 0.25) is 0 Å². The number of aliphatic hydroxyl groups is 2. The number of carboxylic acid groups (broad SMARTS) is 6. The van der Waals surface area contributed by atoms with Gasteiger partial charge >= 0.3 is 65.4 Å². The van der Waals surface area contributed by atoms with E-state index in [0.29, 0.717) is 0 Å². The molecular weight excluding hydrogens is 391 g/mol. The van der Waals surface area contributed by atoms with Gasteiger partial charge in [0.25, 0.3) is 0 Å². The van der Waals surface area contributed by atoms with Crippen LogP contribution in [0.25, 0.3) is 0 Å². The number of carbonyl (C=O) groups is 6. The fraction of sp³-hybridized carbons (Fsp3) is 0.500. The summed E-state index contributed by atoms with van der Waals surface area (Å²) in [4.78, 5) is 61.0. The molecule has 0 fully saturated rings. The molecule has 0 aliphatic rings. The Morgan fingerprint density at radius 3 is 0.704 bits per heavy atom. The minimum atomic E-state index is -2.74. The summed E-state index contributed by atoms with van der Waals surface area (Å²) in [5.41, 5.74) is -5.48. The van der Waals surface area contributed by atoms with Crippen LogP contribution in [0.5, 0.6) is 0 Å². The van der Waals surface area contributed by atoms with E-state index in [2.05, 4.69) is 0 Å². The Morgan fingerprint density at radius 2 is 0.630 bits per heavy atom. The van der Waals surface area contributed by atoms with Gasteiger partial charge < -0.3 is 40.9 Å². The van der Waals surface area contributed by atoms with Crippen LogP contribution in [0.2, 0.25) is 0 Å². The summed E-state index contributed by atoms with van der Waals surface area (Å²) < 4.78 is 0. The minimum absolute atomic E-state index is 0. The first-order chi connectivity index (χ1) is 11.6. The molecule has 0 saturated carbocycles. The van der Waals surface area contributed by atoms with E-state index in [4.69, 9.17) is 40.9 Å². The van der Waals surface area contributed by atoms with Crippen LogP contribution in [0.15, 0.2) is 0 Å². The van der Waals surface area contributed by atoms with Gasteiger partial charge in [-0.15, -0.1) is 0 Å². The third kappa shape index (κ3) is 12.7. The first kappa shape index (κ1) is 29.5. The molecule has 0 bridgehead atoms. The third-order valence-electron chi connectivity index (χ3n) is 2.57. The molecule has 0 aliphatic carbocycles. The van der Waals surface area contributed by atoms with Gasteiger partial charge in [-0.1, -0.05) is 0 Å². The van der Waals surface area contributed by atoms with E-state index in [0.717, 1.165) is 0 Å². The van der Waals surface area contributed by atoms with Crippen molar-refractivity contribution in [3.05, 3.63) is 0 Å². The van der Waals surface area contributed by atoms with Crippen LogP contribution in [-0.4, -0.2) is 117 Å². The molecule has 150 valence electrons. The predicted octanol–water partition coefficient (Wildman–Crippen LogP) is -3.15. The van der Waals surface area contributed by atoms with Gasteiger partial charge in [0.1, 0.15) is 0 Å². The van der Waals surface area contributed by atoms with Crippen LogP contribution >= 0.6 is 0 Å². The number of hydrogen-bond donors (Lipinski definition) is 8. The van der Waals surface area contributed by atoms with Crippen molar-refractivity contribution < 1.29 is 69.6 Å². The monoisotopic (exact) mass is 408 g/mol. The molecule has 8 N–H and O–H groups in total. The topological polar surface area (TPSA) is 264 Å². The fourth-order valence-corrected chi connectivity index (χ4v) is 1.43. The van der Waals surface area contributed by atoms with Crippen molar-refractivity contribution in [1.29, 1.82) is 0 Å². The maximum absolute atomic E-state index is 10.3. The van der Waals surface area contributed by atoms with Gasteiger partial charge in [-0.2, -0.15) is 0 Å². The molecule has 0 saturated heterocycles. The molecule has 0 aliphatic heterocycles. The zero-order chi connectivity index (χ0) is 21.3. The summed E-state index contributed by atoms with van der Waals surface area (Å²) in [5.74, 6) is -10.0. The Morgan fingerprint density at radius 1 is 0.481 bits per heavy atom. The van der Waals surface area contributed by atoms with Crippen LogP contribution in [0, 0.1) is 0 Å². The fourth-order valence-electron chi connectivity index (χ4n) is 1.43. The molecule has 0 amide bonds. The summed E-state index contributed by atoms with van der Waals surface area (Å²) in [6.07, 6.45) is -4.58. The van der Waals surface area contributed by atoms with Crippen LogP contribution in [0.4, 0.5) is 0 Å². The second-order valence-electron chi connectivity index (χ2n) is 4.96. The van der Waals surface area contributed by atoms with Crippen molar-refractivity contribution in [3.63, 3.8) is 0 Å². The molecule has 15 heteroatoms. The van der Waals surface area contributed by atoms with E-state index in [1.165, 1.54) is 0 Å².